The van der Waals surface area contributed by atoms with Gasteiger partial charge in [0.2, 0.25) is 0 Å². The average molecular weight is 553 g/mol. The van der Waals surface area contributed by atoms with Crippen molar-refractivity contribution in [2.75, 3.05) is 9.44 Å². The molecule has 35 heavy (non-hydrogen) atoms. The molecule has 0 aliphatic heterocycles. The van der Waals surface area contributed by atoms with E-state index < -0.39 is 43.1 Å². The van der Waals surface area contributed by atoms with E-state index in [1.54, 1.807) is 48.6 Å². The SMILES string of the molecule is C/C=C\C=C/c1ccc(S(=O)(=O)Nc2cc(F)c(F)cc2NS(=O)(=O)c2cc3ccccc3s2)s1. The Morgan fingerprint density at radius 1 is 0.771 bits per heavy atom. The van der Waals surface area contributed by atoms with Crippen LogP contribution in [0.2, 0.25) is 0 Å². The first-order valence-corrected chi connectivity index (χ1v) is 14.6. The van der Waals surface area contributed by atoms with Gasteiger partial charge in [-0.25, -0.2) is 25.6 Å². The highest BCUT2D eigenvalue weighted by Gasteiger charge is 2.24. The van der Waals surface area contributed by atoms with Gasteiger partial charge in [0.1, 0.15) is 8.42 Å². The third-order valence-corrected chi connectivity index (χ3v) is 10.5. The van der Waals surface area contributed by atoms with Crippen LogP contribution in [0.15, 0.2) is 81.2 Å². The second-order valence-electron chi connectivity index (χ2n) is 7.17. The van der Waals surface area contributed by atoms with Crippen LogP contribution in [0.4, 0.5) is 20.2 Å². The standard InChI is InChI=1S/C23H18F2N2O4S4/c1-2-3-4-8-16-10-11-22(32-16)34(28,29)26-19-13-17(24)18(25)14-20(19)27-35(30,31)23-12-15-7-5-6-9-21(15)33-23/h2-14,26-27H,1H3/b3-2-,8-4-. The van der Waals surface area contributed by atoms with Crippen LogP contribution >= 0.6 is 22.7 Å². The topological polar surface area (TPSA) is 92.3 Å². The summed E-state index contributed by atoms with van der Waals surface area (Å²) >= 11 is 1.95. The molecule has 6 nitrogen and oxygen atoms in total. The second kappa shape index (κ2) is 9.90. The van der Waals surface area contributed by atoms with E-state index in [4.69, 9.17) is 0 Å². The highest BCUT2D eigenvalue weighted by molar-refractivity contribution is 7.95. The predicted molar refractivity (Wildman–Crippen MR) is 138 cm³/mol. The van der Waals surface area contributed by atoms with Crippen molar-refractivity contribution in [2.45, 2.75) is 15.3 Å². The Hall–Kier alpha value is -3.06. The lowest BCUT2D eigenvalue weighted by molar-refractivity contribution is 0.509. The lowest BCUT2D eigenvalue weighted by atomic mass is 10.2. The number of halogens is 2. The first-order chi connectivity index (χ1) is 16.6. The molecule has 4 rings (SSSR count). The van der Waals surface area contributed by atoms with E-state index in [0.29, 0.717) is 22.4 Å². The molecule has 2 aromatic heterocycles. The maximum atomic E-state index is 14.0. The molecular formula is C23H18F2N2O4S4. The molecular weight excluding hydrogens is 535 g/mol. The molecule has 182 valence electrons. The van der Waals surface area contributed by atoms with Crippen LogP contribution in [0.3, 0.4) is 0 Å². The highest BCUT2D eigenvalue weighted by Crippen LogP contribution is 2.34. The summed E-state index contributed by atoms with van der Waals surface area (Å²) in [6.45, 7) is 1.84. The van der Waals surface area contributed by atoms with E-state index in [1.165, 1.54) is 12.1 Å². The molecule has 2 N–H and O–H groups in total. The minimum absolute atomic E-state index is 0.0620. The third-order valence-electron chi connectivity index (χ3n) is 4.65. The van der Waals surface area contributed by atoms with Crippen molar-refractivity contribution in [3.05, 3.63) is 89.3 Å². The van der Waals surface area contributed by atoms with Gasteiger partial charge in [-0.15, -0.1) is 22.7 Å². The van der Waals surface area contributed by atoms with Crippen molar-refractivity contribution in [3.63, 3.8) is 0 Å². The minimum atomic E-state index is -4.22. The van der Waals surface area contributed by atoms with E-state index in [0.717, 1.165) is 27.4 Å². The van der Waals surface area contributed by atoms with Crippen molar-refractivity contribution in [3.8, 4) is 0 Å². The highest BCUT2D eigenvalue weighted by atomic mass is 32.3. The maximum absolute atomic E-state index is 14.0. The summed E-state index contributed by atoms with van der Waals surface area (Å²) in [4.78, 5) is 0.652. The smallest absolute Gasteiger partial charge is 0.271 e. The fraction of sp³-hybridized carbons (Fsp3) is 0.0435. The number of fused-ring (bicyclic) bond motifs is 1. The summed E-state index contributed by atoms with van der Waals surface area (Å²) < 4.78 is 84.7. The first-order valence-electron chi connectivity index (χ1n) is 10.0. The molecule has 0 radical (unpaired) electrons. The van der Waals surface area contributed by atoms with Crippen molar-refractivity contribution in [1.82, 2.24) is 0 Å². The Kier molecular flexibility index (Phi) is 7.08. The van der Waals surface area contributed by atoms with Gasteiger partial charge < -0.3 is 0 Å². The summed E-state index contributed by atoms with van der Waals surface area (Å²) in [6.07, 6.45) is 7.05. The van der Waals surface area contributed by atoms with Crippen LogP contribution in [-0.4, -0.2) is 16.8 Å². The van der Waals surface area contributed by atoms with Crippen LogP contribution in [0.1, 0.15) is 11.8 Å². The lowest BCUT2D eigenvalue weighted by Crippen LogP contribution is -2.17. The molecule has 0 spiro atoms. The minimum Gasteiger partial charge on any atom is -0.277 e. The van der Waals surface area contributed by atoms with Gasteiger partial charge in [-0.05, 0) is 42.7 Å². The predicted octanol–water partition coefficient (Wildman–Crippen LogP) is 6.43. The molecule has 0 fully saturated rings. The van der Waals surface area contributed by atoms with Crippen LogP contribution in [0.25, 0.3) is 16.2 Å². The normalized spacial score (nSPS) is 12.7. The van der Waals surface area contributed by atoms with Gasteiger partial charge in [-0.1, -0.05) is 36.4 Å². The molecule has 0 aliphatic carbocycles. The zero-order valence-electron chi connectivity index (χ0n) is 18.0. The van der Waals surface area contributed by atoms with Crippen molar-refractivity contribution in [2.24, 2.45) is 0 Å². The van der Waals surface area contributed by atoms with E-state index in [2.05, 4.69) is 9.44 Å². The van der Waals surface area contributed by atoms with Crippen LogP contribution in [0.5, 0.6) is 0 Å². The van der Waals surface area contributed by atoms with Gasteiger partial charge in [0.15, 0.2) is 11.6 Å². The van der Waals surface area contributed by atoms with Crippen molar-refractivity contribution < 1.29 is 25.6 Å². The zero-order chi connectivity index (χ0) is 25.2. The number of allylic oxidation sites excluding steroid dienone is 3. The van der Waals surface area contributed by atoms with Gasteiger partial charge in [-0.2, -0.15) is 0 Å². The van der Waals surface area contributed by atoms with Crippen molar-refractivity contribution >= 4 is 70.3 Å². The molecule has 12 heteroatoms. The van der Waals surface area contributed by atoms with Gasteiger partial charge >= 0.3 is 0 Å². The number of hydrogen-bond donors (Lipinski definition) is 2. The first kappa shape index (κ1) is 25.0. The Morgan fingerprint density at radius 2 is 1.40 bits per heavy atom. The van der Waals surface area contributed by atoms with Crippen LogP contribution in [0, 0.1) is 11.6 Å². The number of anilines is 2. The third kappa shape index (κ3) is 5.61. The Labute approximate surface area is 209 Å². The lowest BCUT2D eigenvalue weighted by Gasteiger charge is -2.14. The largest absolute Gasteiger partial charge is 0.277 e. The van der Waals surface area contributed by atoms with E-state index in [9.17, 15) is 25.6 Å². The number of rotatable bonds is 8. The molecule has 0 saturated heterocycles. The molecule has 0 amide bonds. The quantitative estimate of drug-likeness (QED) is 0.246. The molecule has 0 bridgehead atoms. The van der Waals surface area contributed by atoms with E-state index in [-0.39, 0.29) is 8.42 Å². The number of hydrogen-bond acceptors (Lipinski definition) is 6. The molecule has 0 atom stereocenters. The maximum Gasteiger partial charge on any atom is 0.271 e. The number of benzene rings is 2. The number of sulfonamides is 2. The van der Waals surface area contributed by atoms with Crippen LogP contribution < -0.4 is 9.44 Å². The molecule has 0 saturated carbocycles. The van der Waals surface area contributed by atoms with Gasteiger partial charge in [0.25, 0.3) is 20.0 Å². The molecule has 4 aromatic rings. The molecule has 0 aliphatic rings. The summed E-state index contributed by atoms with van der Waals surface area (Å²) in [5.74, 6) is -2.68. The van der Waals surface area contributed by atoms with Crippen molar-refractivity contribution in [1.29, 1.82) is 0 Å². The molecule has 2 heterocycles. The fourth-order valence-electron chi connectivity index (χ4n) is 3.03. The summed E-state index contributed by atoms with van der Waals surface area (Å²) in [5.41, 5.74) is -0.900. The Morgan fingerprint density at radius 3 is 2.03 bits per heavy atom. The van der Waals surface area contributed by atoms with Crippen LogP contribution in [-0.2, 0) is 20.0 Å². The zero-order valence-corrected chi connectivity index (χ0v) is 21.3. The molecule has 2 aromatic carbocycles. The van der Waals surface area contributed by atoms with Gasteiger partial charge in [0, 0.05) is 21.7 Å². The van der Waals surface area contributed by atoms with Gasteiger partial charge in [-0.3, -0.25) is 9.44 Å². The monoisotopic (exact) mass is 552 g/mol. The number of nitrogens with one attached hydrogen (secondary N) is 2. The Bertz CT molecular complexity index is 1640. The fourth-order valence-corrected chi connectivity index (χ4v) is 7.80. The summed E-state index contributed by atoms with van der Waals surface area (Å²) in [6, 6.07) is 12.6. The number of thiophene rings is 2. The van der Waals surface area contributed by atoms with E-state index in [1.807, 2.05) is 13.0 Å². The molecule has 0 unspecified atom stereocenters. The Balaban J connectivity index is 1.67. The average Bonchev–Trinajstić information content (AvgIpc) is 3.45. The van der Waals surface area contributed by atoms with E-state index >= 15 is 0 Å². The second-order valence-corrected chi connectivity index (χ2v) is 13.2. The van der Waals surface area contributed by atoms with Gasteiger partial charge in [0.05, 0.1) is 11.4 Å². The summed E-state index contributed by atoms with van der Waals surface area (Å²) in [7, 11) is -8.45. The summed E-state index contributed by atoms with van der Waals surface area (Å²) in [5, 5.41) is 0.695.